The van der Waals surface area contributed by atoms with Gasteiger partial charge in [0.05, 0.1) is 13.2 Å². The maximum absolute atomic E-state index is 12.6. The molecule has 51 heavy (non-hydrogen) atoms. The van der Waals surface area contributed by atoms with Gasteiger partial charge in [-0.3, -0.25) is 18.6 Å². The Balaban J connectivity index is 4.14. The van der Waals surface area contributed by atoms with Crippen molar-refractivity contribution in [3.8, 4) is 0 Å². The van der Waals surface area contributed by atoms with Crippen molar-refractivity contribution < 1.29 is 37.6 Å². The van der Waals surface area contributed by atoms with Gasteiger partial charge < -0.3 is 20.1 Å². The molecule has 0 aromatic carbocycles. The second-order valence-electron chi connectivity index (χ2n) is 14.2. The van der Waals surface area contributed by atoms with E-state index in [0.717, 1.165) is 44.9 Å². The predicted octanol–water partition coefficient (Wildman–Crippen LogP) is 11.8. The fourth-order valence-corrected chi connectivity index (χ4v) is 6.75. The van der Waals surface area contributed by atoms with E-state index >= 15 is 0 Å². The number of hydrogen-bond acceptors (Lipinski definition) is 8. The molecule has 0 saturated carbocycles. The number of hydrogen-bond donors (Lipinski definition) is 2. The molecular formula is C41H80NO8P. The first-order valence-electron chi connectivity index (χ1n) is 21.2. The zero-order valence-corrected chi connectivity index (χ0v) is 34.0. The van der Waals surface area contributed by atoms with Gasteiger partial charge in [-0.2, -0.15) is 0 Å². The van der Waals surface area contributed by atoms with Gasteiger partial charge in [-0.15, -0.1) is 0 Å². The van der Waals surface area contributed by atoms with Crippen LogP contribution in [-0.4, -0.2) is 49.3 Å². The lowest BCUT2D eigenvalue weighted by Gasteiger charge is -2.19. The van der Waals surface area contributed by atoms with Gasteiger partial charge in [0, 0.05) is 19.4 Å². The number of esters is 2. The minimum Gasteiger partial charge on any atom is -0.462 e. The van der Waals surface area contributed by atoms with Crippen molar-refractivity contribution in [3.05, 3.63) is 12.2 Å². The average molecular weight is 746 g/mol. The number of phosphoric acid groups is 1. The summed E-state index contributed by atoms with van der Waals surface area (Å²) in [5, 5.41) is 0. The monoisotopic (exact) mass is 746 g/mol. The maximum Gasteiger partial charge on any atom is 0.472 e. The highest BCUT2D eigenvalue weighted by Crippen LogP contribution is 2.43. The predicted molar refractivity (Wildman–Crippen MR) is 211 cm³/mol. The van der Waals surface area contributed by atoms with Gasteiger partial charge in [-0.25, -0.2) is 4.57 Å². The molecule has 0 rings (SSSR count). The Morgan fingerprint density at radius 1 is 0.569 bits per heavy atom. The van der Waals surface area contributed by atoms with Crippen LogP contribution >= 0.6 is 7.82 Å². The Labute approximate surface area is 313 Å². The second-order valence-corrected chi connectivity index (χ2v) is 15.7. The number of carbonyl (C=O) groups is 2. The van der Waals surface area contributed by atoms with Crippen LogP contribution in [0.4, 0.5) is 0 Å². The van der Waals surface area contributed by atoms with Crippen molar-refractivity contribution in [3.63, 3.8) is 0 Å². The van der Waals surface area contributed by atoms with E-state index in [2.05, 4.69) is 26.0 Å². The lowest BCUT2D eigenvalue weighted by atomic mass is 10.0. The molecule has 0 aromatic heterocycles. The number of ether oxygens (including phenoxy) is 2. The molecule has 0 radical (unpaired) electrons. The van der Waals surface area contributed by atoms with Crippen molar-refractivity contribution in [2.24, 2.45) is 5.73 Å². The molecule has 1 unspecified atom stereocenters. The summed E-state index contributed by atoms with van der Waals surface area (Å²) < 4.78 is 32.7. The molecule has 0 heterocycles. The summed E-state index contributed by atoms with van der Waals surface area (Å²) in [7, 11) is -4.37. The molecule has 302 valence electrons. The smallest absolute Gasteiger partial charge is 0.462 e. The van der Waals surface area contributed by atoms with Crippen LogP contribution in [0, 0.1) is 0 Å². The van der Waals surface area contributed by atoms with E-state index in [1.165, 1.54) is 128 Å². The van der Waals surface area contributed by atoms with Gasteiger partial charge in [-0.05, 0) is 38.5 Å². The Hall–Kier alpha value is -1.25. The zero-order chi connectivity index (χ0) is 37.5. The Morgan fingerprint density at radius 2 is 0.961 bits per heavy atom. The SMILES string of the molecule is CCCCCCC=CCCCCCCCCCC(=O)OC[C@H](COP(=O)(O)OCCN)OC(=O)CCCCCCCCCCCCCCCCC. The van der Waals surface area contributed by atoms with Crippen LogP contribution < -0.4 is 5.73 Å². The highest BCUT2D eigenvalue weighted by molar-refractivity contribution is 7.47. The van der Waals surface area contributed by atoms with Crippen molar-refractivity contribution in [2.75, 3.05) is 26.4 Å². The number of rotatable bonds is 40. The van der Waals surface area contributed by atoms with E-state index in [1.807, 2.05) is 0 Å². The van der Waals surface area contributed by atoms with Crippen molar-refractivity contribution in [2.45, 2.75) is 213 Å². The molecular weight excluding hydrogens is 665 g/mol. The highest BCUT2D eigenvalue weighted by atomic mass is 31.2. The lowest BCUT2D eigenvalue weighted by molar-refractivity contribution is -0.161. The van der Waals surface area contributed by atoms with Gasteiger partial charge >= 0.3 is 19.8 Å². The normalized spacial score (nSPS) is 13.4. The van der Waals surface area contributed by atoms with E-state index in [9.17, 15) is 19.0 Å². The molecule has 0 spiro atoms. The molecule has 10 heteroatoms. The fraction of sp³-hybridized carbons (Fsp3) is 0.902. The minimum atomic E-state index is -4.37. The van der Waals surface area contributed by atoms with Crippen LogP contribution in [0.15, 0.2) is 12.2 Å². The number of carbonyl (C=O) groups excluding carboxylic acids is 2. The summed E-state index contributed by atoms with van der Waals surface area (Å²) in [6.07, 6.45) is 38.0. The molecule has 9 nitrogen and oxygen atoms in total. The van der Waals surface area contributed by atoms with E-state index in [-0.39, 0.29) is 38.6 Å². The van der Waals surface area contributed by atoms with Gasteiger partial charge in [0.25, 0.3) is 0 Å². The van der Waals surface area contributed by atoms with E-state index in [4.69, 9.17) is 24.3 Å². The Bertz CT molecular complexity index is 856. The van der Waals surface area contributed by atoms with Crippen LogP contribution in [0.1, 0.15) is 206 Å². The van der Waals surface area contributed by atoms with E-state index < -0.39 is 26.5 Å². The summed E-state index contributed by atoms with van der Waals surface area (Å²) in [5.41, 5.74) is 5.34. The number of allylic oxidation sites excluding steroid dienone is 2. The lowest BCUT2D eigenvalue weighted by Crippen LogP contribution is -2.29. The molecule has 0 aliphatic rings. The molecule has 0 amide bonds. The van der Waals surface area contributed by atoms with Gasteiger partial charge in [-0.1, -0.05) is 167 Å². The first kappa shape index (κ1) is 49.8. The molecule has 0 aliphatic heterocycles. The molecule has 0 bridgehead atoms. The van der Waals surface area contributed by atoms with Crippen LogP contribution in [-0.2, 0) is 32.7 Å². The Kier molecular flexibility index (Phi) is 37.5. The Morgan fingerprint density at radius 3 is 1.41 bits per heavy atom. The maximum atomic E-state index is 12.6. The quantitative estimate of drug-likeness (QED) is 0.0272. The van der Waals surface area contributed by atoms with Gasteiger partial charge in [0.2, 0.25) is 0 Å². The van der Waals surface area contributed by atoms with Crippen LogP contribution in [0.5, 0.6) is 0 Å². The fourth-order valence-electron chi connectivity index (χ4n) is 5.98. The van der Waals surface area contributed by atoms with Gasteiger partial charge in [0.1, 0.15) is 6.61 Å². The molecule has 0 aliphatic carbocycles. The zero-order valence-electron chi connectivity index (χ0n) is 33.1. The third-order valence-electron chi connectivity index (χ3n) is 9.15. The highest BCUT2D eigenvalue weighted by Gasteiger charge is 2.26. The molecule has 0 fully saturated rings. The summed E-state index contributed by atoms with van der Waals surface area (Å²) in [5.74, 6) is -0.824. The number of unbranched alkanes of at least 4 members (excludes halogenated alkanes) is 25. The summed E-state index contributed by atoms with van der Waals surface area (Å²) in [6.45, 7) is 3.74. The minimum absolute atomic E-state index is 0.0557. The summed E-state index contributed by atoms with van der Waals surface area (Å²) in [6, 6.07) is 0. The molecule has 0 saturated heterocycles. The molecule has 0 aromatic rings. The topological polar surface area (TPSA) is 134 Å². The first-order chi connectivity index (χ1) is 24.8. The third-order valence-corrected chi connectivity index (χ3v) is 10.1. The third kappa shape index (κ3) is 38.3. The van der Waals surface area contributed by atoms with Gasteiger partial charge in [0.15, 0.2) is 6.10 Å². The molecule has 2 atom stereocenters. The number of phosphoric ester groups is 1. The second kappa shape index (κ2) is 38.5. The average Bonchev–Trinajstić information content (AvgIpc) is 3.11. The first-order valence-corrected chi connectivity index (χ1v) is 22.7. The van der Waals surface area contributed by atoms with Crippen LogP contribution in [0.25, 0.3) is 0 Å². The molecule has 3 N–H and O–H groups in total. The van der Waals surface area contributed by atoms with Crippen molar-refractivity contribution in [1.29, 1.82) is 0 Å². The standard InChI is InChI=1S/C41H80NO8P/c1-3-5-7-9-11-13-15-17-19-21-23-25-27-29-31-33-40(43)47-37-39(38-49-51(45,46)48-36-35-42)50-41(44)34-32-30-28-26-24-22-20-18-16-14-12-10-8-6-4-2/h13,15,39H,3-12,14,16-38,42H2,1-2H3,(H,45,46)/t39-/m1/s1. The summed E-state index contributed by atoms with van der Waals surface area (Å²) in [4.78, 5) is 34.8. The van der Waals surface area contributed by atoms with Crippen molar-refractivity contribution >= 4 is 19.8 Å². The van der Waals surface area contributed by atoms with E-state index in [0.29, 0.717) is 6.42 Å². The van der Waals surface area contributed by atoms with Crippen molar-refractivity contribution in [1.82, 2.24) is 0 Å². The van der Waals surface area contributed by atoms with E-state index in [1.54, 1.807) is 0 Å². The summed E-state index contributed by atoms with van der Waals surface area (Å²) >= 11 is 0. The van der Waals surface area contributed by atoms with Crippen LogP contribution in [0.2, 0.25) is 0 Å². The number of nitrogens with two attached hydrogens (primary N) is 1. The largest absolute Gasteiger partial charge is 0.472 e. The van der Waals surface area contributed by atoms with Crippen LogP contribution in [0.3, 0.4) is 0 Å².